The molecule has 5 atom stereocenters. The quantitative estimate of drug-likeness (QED) is 0.0314. The maximum atomic E-state index is 14.6. The van der Waals surface area contributed by atoms with Gasteiger partial charge in [0.15, 0.2) is 23.2 Å². The summed E-state index contributed by atoms with van der Waals surface area (Å²) in [6, 6.07) is 13.4. The minimum absolute atomic E-state index is 0.0257. The van der Waals surface area contributed by atoms with Crippen LogP contribution in [-0.4, -0.2) is 154 Å². The number of ether oxygens (including phenoxy) is 1. The van der Waals surface area contributed by atoms with E-state index in [1.807, 2.05) is 9.80 Å². The molecule has 1 aromatic heterocycles. The highest BCUT2D eigenvalue weighted by Gasteiger charge is 2.43. The van der Waals surface area contributed by atoms with E-state index < -0.39 is 53.2 Å². The van der Waals surface area contributed by atoms with Crippen LogP contribution in [0, 0.1) is 23.4 Å². The van der Waals surface area contributed by atoms with Crippen LogP contribution >= 0.6 is 23.4 Å². The fraction of sp³-hybridized carbons (Fsp3) is 0.492. The molecule has 4 aliphatic rings. The zero-order chi connectivity index (χ0) is 57.7. The molecule has 4 aliphatic heterocycles. The first-order valence-electron chi connectivity index (χ1n) is 28.0. The molecule has 5 amide bonds. The normalized spacial score (nSPS) is 19.0. The molecule has 22 heteroatoms. The van der Waals surface area contributed by atoms with Crippen molar-refractivity contribution in [3.63, 3.8) is 0 Å². The van der Waals surface area contributed by atoms with Crippen molar-refractivity contribution in [2.75, 3.05) is 76.2 Å². The highest BCUT2D eigenvalue weighted by Crippen LogP contribution is 2.34. The maximum Gasteiger partial charge on any atom is 0.257 e. The number of benzene rings is 3. The number of pyridine rings is 1. The third kappa shape index (κ3) is 15.5. The fourth-order valence-electron chi connectivity index (χ4n) is 10.8. The minimum Gasteiger partial charge on any atom is -0.482 e. The number of nitrogens with zero attached hydrogens (tertiary/aromatic N) is 6. The summed E-state index contributed by atoms with van der Waals surface area (Å²) in [5, 5.41) is 9.34. The van der Waals surface area contributed by atoms with Crippen LogP contribution in [0.5, 0.6) is 5.75 Å². The van der Waals surface area contributed by atoms with E-state index >= 15 is 0 Å². The Bertz CT molecular complexity index is 2930. The van der Waals surface area contributed by atoms with Crippen LogP contribution in [0.25, 0.3) is 0 Å². The van der Waals surface area contributed by atoms with Crippen molar-refractivity contribution in [1.29, 1.82) is 0 Å². The number of aliphatic imine (C=N–C) groups is 1. The van der Waals surface area contributed by atoms with E-state index in [4.69, 9.17) is 27.1 Å². The molecule has 8 rings (SSSR count). The molecule has 0 bridgehead atoms. The van der Waals surface area contributed by atoms with Gasteiger partial charge in [0.25, 0.3) is 11.8 Å². The first-order chi connectivity index (χ1) is 39.0. The molecule has 17 nitrogen and oxygen atoms in total. The number of anilines is 2. The number of carbonyl (C=O) groups excluding carboxylic acids is 6. The van der Waals surface area contributed by atoms with Crippen molar-refractivity contribution in [3.05, 3.63) is 118 Å². The van der Waals surface area contributed by atoms with E-state index in [1.165, 1.54) is 55.2 Å². The topological polar surface area (TPSA) is 212 Å². The van der Waals surface area contributed by atoms with E-state index in [1.54, 1.807) is 43.1 Å². The SMILES string of the molecule is CN[C@H](C)C(=O)N[C@@H](C(=O)N1CCC[C@@H]1C1=NC(C(=O)c2ccc(F)cc2)CS1)C1CCN(CCCCCCCCC(=O)N2CCN(C(=O)c3ccc(NC(=O)c4cnc(N)c(O[C@H](C)c5c(F)ccc(Cl)c5F)c4)cc3)CC2)CC1. The van der Waals surface area contributed by atoms with Gasteiger partial charge in [-0.05, 0) is 152 Å². The van der Waals surface area contributed by atoms with Crippen molar-refractivity contribution < 1.29 is 46.7 Å². The zero-order valence-electron chi connectivity index (χ0n) is 46.1. The standard InChI is InChI=1S/C59H72ClF3N10O7S/c1-36(65-3)55(76)69-52(59(79)73-26-10-11-47(73)57-68-46(35-81-57)53(75)39-13-17-42(61)18-14-39)38-23-27-70(28-24-38)25-9-7-5-4-6-8-12-49(74)71-29-31-72(32-30-71)58(78)40-15-19-43(20-16-40)67-56(77)41-33-48(54(64)66-34-41)80-37(2)50-45(62)22-21-44(60)51(50)63/h13-22,33-34,36-38,46-47,52,65H,4-12,23-32,35H2,1-3H3,(H2,64,66)(H,67,77)(H,69,76)/t36-,37-,46?,47-,52-/m1/s1. The van der Waals surface area contributed by atoms with Gasteiger partial charge in [-0.15, -0.1) is 11.8 Å². The lowest BCUT2D eigenvalue weighted by Gasteiger charge is -2.38. The third-order valence-corrected chi connectivity index (χ3v) is 17.2. The van der Waals surface area contributed by atoms with Crippen molar-refractivity contribution >= 4 is 75.2 Å². The summed E-state index contributed by atoms with van der Waals surface area (Å²) in [6.45, 7) is 8.06. The van der Waals surface area contributed by atoms with Gasteiger partial charge in [0.05, 0.1) is 33.3 Å². The first-order valence-corrected chi connectivity index (χ1v) is 29.4. The molecule has 0 spiro atoms. The average Bonchev–Trinajstić information content (AvgIpc) is 4.25. The number of carbonyl (C=O) groups is 6. The highest BCUT2D eigenvalue weighted by atomic mass is 35.5. The van der Waals surface area contributed by atoms with E-state index in [0.717, 1.165) is 101 Å². The summed E-state index contributed by atoms with van der Waals surface area (Å²) in [4.78, 5) is 97.4. The number of nitrogens with two attached hydrogens (primary N) is 1. The molecule has 3 saturated heterocycles. The summed E-state index contributed by atoms with van der Waals surface area (Å²) in [6.07, 6.45) is 9.64. The number of likely N-dealkylation sites (tertiary alicyclic amines) is 2. The molecular weight excluding hydrogens is 1090 g/mol. The Kier molecular flexibility index (Phi) is 21.3. The number of thioether (sulfide) groups is 1. The maximum absolute atomic E-state index is 14.6. The fourth-order valence-corrected chi connectivity index (χ4v) is 12.2. The molecule has 434 valence electrons. The Hall–Kier alpha value is -6.55. The second-order valence-corrected chi connectivity index (χ2v) is 22.7. The van der Waals surface area contributed by atoms with Crippen LogP contribution in [0.4, 0.5) is 24.7 Å². The molecule has 0 aliphatic carbocycles. The number of aromatic nitrogens is 1. The monoisotopic (exact) mass is 1160 g/mol. The van der Waals surface area contributed by atoms with Gasteiger partial charge in [-0.2, -0.15) is 0 Å². The van der Waals surface area contributed by atoms with Gasteiger partial charge < -0.3 is 46.0 Å². The summed E-state index contributed by atoms with van der Waals surface area (Å²) in [7, 11) is 1.72. The van der Waals surface area contributed by atoms with Crippen molar-refractivity contribution in [2.45, 2.75) is 115 Å². The average molecular weight is 1160 g/mol. The second-order valence-electron chi connectivity index (χ2n) is 21.2. The summed E-state index contributed by atoms with van der Waals surface area (Å²) < 4.78 is 48.3. The zero-order valence-corrected chi connectivity index (χ0v) is 47.6. The number of ketones is 1. The van der Waals surface area contributed by atoms with E-state index in [9.17, 15) is 41.9 Å². The lowest BCUT2D eigenvalue weighted by Crippen LogP contribution is -2.58. The highest BCUT2D eigenvalue weighted by molar-refractivity contribution is 8.14. The molecule has 1 unspecified atom stereocenters. The van der Waals surface area contributed by atoms with Crippen LogP contribution in [-0.2, 0) is 14.4 Å². The summed E-state index contributed by atoms with van der Waals surface area (Å²) >= 11 is 7.34. The van der Waals surface area contributed by atoms with E-state index in [2.05, 4.69) is 25.8 Å². The third-order valence-electron chi connectivity index (χ3n) is 15.8. The largest absolute Gasteiger partial charge is 0.482 e. The molecule has 4 aromatic rings. The lowest BCUT2D eigenvalue weighted by molar-refractivity contribution is -0.138. The number of halogens is 4. The Morgan fingerprint density at radius 2 is 1.47 bits per heavy atom. The number of nitrogen functional groups attached to an aromatic ring is 1. The number of unbranched alkanes of at least 4 members (excludes halogenated alkanes) is 5. The Balaban J connectivity index is 0.702. The number of Topliss-reactive ketones (excluding diaryl/α,β-unsaturated/α-hetero) is 1. The predicted molar refractivity (Wildman–Crippen MR) is 307 cm³/mol. The van der Waals surface area contributed by atoms with Crippen molar-refractivity contribution in [2.24, 2.45) is 10.9 Å². The van der Waals surface area contributed by atoms with Gasteiger partial charge in [-0.1, -0.05) is 37.3 Å². The number of piperidine rings is 1. The molecule has 5 heterocycles. The molecule has 5 N–H and O–H groups in total. The smallest absolute Gasteiger partial charge is 0.257 e. The van der Waals surface area contributed by atoms with Crippen LogP contribution in [0.1, 0.15) is 127 Å². The van der Waals surface area contributed by atoms with Gasteiger partial charge in [0.1, 0.15) is 29.8 Å². The Labute approximate surface area is 480 Å². The van der Waals surface area contributed by atoms with Crippen LogP contribution in [0.2, 0.25) is 5.02 Å². The molecule has 81 heavy (non-hydrogen) atoms. The summed E-state index contributed by atoms with van der Waals surface area (Å²) in [5.41, 5.74) is 6.87. The number of hydrogen-bond donors (Lipinski definition) is 4. The van der Waals surface area contributed by atoms with Crippen molar-refractivity contribution in [3.8, 4) is 5.75 Å². The number of amides is 5. The van der Waals surface area contributed by atoms with Crippen LogP contribution < -0.4 is 26.4 Å². The van der Waals surface area contributed by atoms with Gasteiger partial charge in [-0.3, -0.25) is 33.8 Å². The molecule has 3 fully saturated rings. The number of rotatable bonds is 23. The number of likely N-dealkylation sites (N-methyl/N-ethyl adjacent to an activating group) is 1. The predicted octanol–water partition coefficient (Wildman–Crippen LogP) is 8.33. The van der Waals surface area contributed by atoms with Gasteiger partial charge in [-0.25, -0.2) is 18.2 Å². The Morgan fingerprint density at radius 3 is 2.17 bits per heavy atom. The molecule has 3 aromatic carbocycles. The lowest BCUT2D eigenvalue weighted by atomic mass is 9.88. The molecule has 0 saturated carbocycles. The van der Waals surface area contributed by atoms with E-state index in [-0.39, 0.29) is 63.5 Å². The first kappa shape index (κ1) is 60.5. The van der Waals surface area contributed by atoms with E-state index in [0.29, 0.717) is 61.7 Å². The van der Waals surface area contributed by atoms with Gasteiger partial charge in [0, 0.05) is 67.9 Å². The minimum atomic E-state index is -1.15. The van der Waals surface area contributed by atoms with Crippen LogP contribution in [0.3, 0.4) is 0 Å². The number of nitrogens with one attached hydrogen (secondary N) is 3. The summed E-state index contributed by atoms with van der Waals surface area (Å²) in [5.74, 6) is -3.09. The number of hydrogen-bond acceptors (Lipinski definition) is 13. The van der Waals surface area contributed by atoms with Crippen LogP contribution in [0.15, 0.2) is 77.9 Å². The Morgan fingerprint density at radius 1 is 0.802 bits per heavy atom. The van der Waals surface area contributed by atoms with Gasteiger partial charge in [0.2, 0.25) is 17.7 Å². The van der Waals surface area contributed by atoms with Crippen molar-refractivity contribution in [1.82, 2.24) is 35.2 Å². The number of piperazine rings is 1. The molecular formula is C59H72ClF3N10O7S. The van der Waals surface area contributed by atoms with Gasteiger partial charge >= 0.3 is 0 Å². The molecule has 0 radical (unpaired) electrons. The second kappa shape index (κ2) is 28.4.